The maximum absolute atomic E-state index is 4.65. The van der Waals surface area contributed by atoms with Crippen molar-refractivity contribution in [3.8, 4) is 0 Å². The molecule has 0 saturated carbocycles. The van der Waals surface area contributed by atoms with E-state index in [9.17, 15) is 0 Å². The van der Waals surface area contributed by atoms with Crippen LogP contribution in [-0.2, 0) is 6.42 Å². The van der Waals surface area contributed by atoms with Crippen LogP contribution in [0.15, 0.2) is 46.5 Å². The summed E-state index contributed by atoms with van der Waals surface area (Å²) in [5.74, 6) is 0. The van der Waals surface area contributed by atoms with Gasteiger partial charge in [-0.2, -0.15) is 0 Å². The topological polar surface area (TPSA) is 50.5 Å². The summed E-state index contributed by atoms with van der Waals surface area (Å²) in [6.07, 6.45) is 2.60. The molecule has 0 bridgehead atoms. The Morgan fingerprint density at radius 1 is 1.00 bits per heavy atom. The number of hydrogen-bond donors (Lipinski definition) is 0. The van der Waals surface area contributed by atoms with E-state index in [1.165, 1.54) is 5.56 Å². The number of pyridine rings is 2. The van der Waals surface area contributed by atoms with E-state index in [1.54, 1.807) is 14.1 Å². The number of aliphatic imine (C=N–C) groups is 2. The summed E-state index contributed by atoms with van der Waals surface area (Å²) in [4.78, 5) is 17.4. The van der Waals surface area contributed by atoms with Crippen LogP contribution in [0, 0.1) is 0 Å². The fourth-order valence-electron chi connectivity index (χ4n) is 2.00. The highest BCUT2D eigenvalue weighted by Gasteiger charge is 2.04. The van der Waals surface area contributed by atoms with Gasteiger partial charge in [0.1, 0.15) is 0 Å². The van der Waals surface area contributed by atoms with Crippen LogP contribution in [0.2, 0.25) is 0 Å². The van der Waals surface area contributed by atoms with Crippen LogP contribution >= 0.6 is 0 Å². The van der Waals surface area contributed by atoms with Crippen molar-refractivity contribution in [1.82, 2.24) is 9.97 Å². The molecule has 0 unspecified atom stereocenters. The third-order valence-electron chi connectivity index (χ3n) is 3.43. The molecule has 2 rings (SSSR count). The second-order valence-corrected chi connectivity index (χ2v) is 4.86. The van der Waals surface area contributed by atoms with Crippen molar-refractivity contribution in [1.29, 1.82) is 0 Å². The van der Waals surface area contributed by atoms with Gasteiger partial charge in [-0.15, -0.1) is 0 Å². The van der Waals surface area contributed by atoms with Crippen molar-refractivity contribution < 1.29 is 0 Å². The first-order valence-corrected chi connectivity index (χ1v) is 6.92. The second-order valence-electron chi connectivity index (χ2n) is 4.86. The van der Waals surface area contributed by atoms with E-state index in [-0.39, 0.29) is 0 Å². The predicted octanol–water partition coefficient (Wildman–Crippen LogP) is 2.95. The van der Waals surface area contributed by atoms with Crippen molar-refractivity contribution in [2.45, 2.75) is 20.3 Å². The Kier molecular flexibility index (Phi) is 4.93. The summed E-state index contributed by atoms with van der Waals surface area (Å²) in [7, 11) is 3.56. The number of rotatable bonds is 4. The minimum absolute atomic E-state index is 0.775. The van der Waals surface area contributed by atoms with Crippen molar-refractivity contribution in [2.24, 2.45) is 9.98 Å². The molecule has 0 fully saturated rings. The lowest BCUT2D eigenvalue weighted by molar-refractivity contribution is 1.05. The van der Waals surface area contributed by atoms with Gasteiger partial charge in [0.25, 0.3) is 0 Å². The van der Waals surface area contributed by atoms with Gasteiger partial charge in [-0.3, -0.25) is 20.0 Å². The minimum Gasteiger partial charge on any atom is -0.291 e. The van der Waals surface area contributed by atoms with Crippen LogP contribution in [0.25, 0.3) is 0 Å². The van der Waals surface area contributed by atoms with Crippen molar-refractivity contribution in [3.63, 3.8) is 0 Å². The Bertz CT molecular complexity index is 627. The Hall–Kier alpha value is -2.36. The third kappa shape index (κ3) is 3.81. The number of hydrogen-bond acceptors (Lipinski definition) is 4. The van der Waals surface area contributed by atoms with Crippen LogP contribution in [-0.4, -0.2) is 35.5 Å². The molecule has 4 nitrogen and oxygen atoms in total. The lowest BCUT2D eigenvalue weighted by Crippen LogP contribution is -2.03. The van der Waals surface area contributed by atoms with E-state index in [4.69, 9.17) is 0 Å². The molecule has 0 amide bonds. The first-order valence-electron chi connectivity index (χ1n) is 6.92. The lowest BCUT2D eigenvalue weighted by atomic mass is 10.1. The SMILES string of the molecule is C/N=C(\C)c1cc(Cc2cccc(/C(C)=N/C)n2)ccn1. The van der Waals surface area contributed by atoms with E-state index in [0.29, 0.717) is 0 Å². The molecule has 0 aliphatic carbocycles. The molecule has 0 atom stereocenters. The average Bonchev–Trinajstić information content (AvgIpc) is 2.53. The molecule has 2 aromatic rings. The molecule has 2 heterocycles. The van der Waals surface area contributed by atoms with Gasteiger partial charge in [0, 0.05) is 32.4 Å². The molecule has 4 heteroatoms. The monoisotopic (exact) mass is 280 g/mol. The van der Waals surface area contributed by atoms with Crippen molar-refractivity contribution >= 4 is 11.4 Å². The summed E-state index contributed by atoms with van der Waals surface area (Å²) in [6.45, 7) is 3.93. The van der Waals surface area contributed by atoms with E-state index in [0.717, 1.165) is 34.9 Å². The molecule has 0 saturated heterocycles. The molecule has 0 spiro atoms. The zero-order valence-corrected chi connectivity index (χ0v) is 13.0. The van der Waals surface area contributed by atoms with Gasteiger partial charge in [0.05, 0.1) is 22.8 Å². The molecule has 0 aromatic carbocycles. The van der Waals surface area contributed by atoms with Gasteiger partial charge in [0.15, 0.2) is 0 Å². The highest BCUT2D eigenvalue weighted by atomic mass is 14.8. The zero-order valence-electron chi connectivity index (χ0n) is 13.0. The molecule has 0 aliphatic rings. The van der Waals surface area contributed by atoms with Gasteiger partial charge in [-0.05, 0) is 43.7 Å². The third-order valence-corrected chi connectivity index (χ3v) is 3.43. The quantitative estimate of drug-likeness (QED) is 0.808. The average molecular weight is 280 g/mol. The van der Waals surface area contributed by atoms with Crippen LogP contribution in [0.1, 0.15) is 36.5 Å². The van der Waals surface area contributed by atoms with Gasteiger partial charge in [0.2, 0.25) is 0 Å². The van der Waals surface area contributed by atoms with E-state index < -0.39 is 0 Å². The molecule has 0 N–H and O–H groups in total. The van der Waals surface area contributed by atoms with Crippen molar-refractivity contribution in [3.05, 3.63) is 59.2 Å². The Morgan fingerprint density at radius 3 is 2.43 bits per heavy atom. The van der Waals surface area contributed by atoms with E-state index in [2.05, 4.69) is 26.0 Å². The smallest absolute Gasteiger partial charge is 0.0840 e. The number of aromatic nitrogens is 2. The van der Waals surface area contributed by atoms with Crippen LogP contribution in [0.3, 0.4) is 0 Å². The normalized spacial score (nSPS) is 12.6. The first-order chi connectivity index (χ1) is 10.1. The zero-order chi connectivity index (χ0) is 15.2. The summed E-state index contributed by atoms with van der Waals surface area (Å²) in [6, 6.07) is 10.1. The largest absolute Gasteiger partial charge is 0.291 e. The molecular weight excluding hydrogens is 260 g/mol. The predicted molar refractivity (Wildman–Crippen MR) is 87.6 cm³/mol. The van der Waals surface area contributed by atoms with Gasteiger partial charge in [-0.1, -0.05) is 6.07 Å². The van der Waals surface area contributed by atoms with Crippen LogP contribution in [0.5, 0.6) is 0 Å². The van der Waals surface area contributed by atoms with Gasteiger partial charge in [-0.25, -0.2) is 0 Å². The lowest BCUT2D eigenvalue weighted by Gasteiger charge is -2.06. The number of nitrogens with zero attached hydrogens (tertiary/aromatic N) is 4. The molecule has 108 valence electrons. The Balaban J connectivity index is 2.26. The molecule has 21 heavy (non-hydrogen) atoms. The maximum atomic E-state index is 4.65. The summed E-state index contributed by atoms with van der Waals surface area (Å²) in [5.41, 5.74) is 5.93. The summed E-state index contributed by atoms with van der Waals surface area (Å²) < 4.78 is 0. The highest BCUT2D eigenvalue weighted by Crippen LogP contribution is 2.10. The Morgan fingerprint density at radius 2 is 1.71 bits per heavy atom. The van der Waals surface area contributed by atoms with Crippen LogP contribution < -0.4 is 0 Å². The van der Waals surface area contributed by atoms with E-state index >= 15 is 0 Å². The first kappa shape index (κ1) is 15.0. The fraction of sp³-hybridized carbons (Fsp3) is 0.294. The van der Waals surface area contributed by atoms with E-state index in [1.807, 2.05) is 44.3 Å². The Labute approximate surface area is 125 Å². The summed E-state index contributed by atoms with van der Waals surface area (Å²) >= 11 is 0. The van der Waals surface area contributed by atoms with Crippen molar-refractivity contribution in [2.75, 3.05) is 14.1 Å². The fourth-order valence-corrected chi connectivity index (χ4v) is 2.00. The molecule has 0 radical (unpaired) electrons. The molecule has 0 aliphatic heterocycles. The van der Waals surface area contributed by atoms with Crippen LogP contribution in [0.4, 0.5) is 0 Å². The highest BCUT2D eigenvalue weighted by molar-refractivity contribution is 5.97. The molecular formula is C17H20N4. The summed E-state index contributed by atoms with van der Waals surface area (Å²) in [5, 5.41) is 0. The maximum Gasteiger partial charge on any atom is 0.0840 e. The molecule has 2 aromatic heterocycles. The van der Waals surface area contributed by atoms with Gasteiger partial charge < -0.3 is 0 Å². The standard InChI is InChI=1S/C17H20N4/c1-12(18-3)16-7-5-6-15(21-16)10-14-8-9-20-17(11-14)13(2)19-4/h5-9,11H,10H2,1-4H3/b18-12+,19-13+. The minimum atomic E-state index is 0.775. The van der Waals surface area contributed by atoms with Gasteiger partial charge >= 0.3 is 0 Å². The second kappa shape index (κ2) is 6.88.